The maximum Gasteiger partial charge on any atom is 0.331 e. The van der Waals surface area contributed by atoms with Gasteiger partial charge in [-0.1, -0.05) is 23.0 Å². The SMILES string of the molecule is COC(=O)C(C)N(OC[C@H]1O[C@@H](n2cnc3c(O)nc(N)nc32)[C@](C)(F)[C@@H]1O)[PH](=O)Oc1ccccc1. The zero-order valence-electron chi connectivity index (χ0n) is 20.0. The first-order chi connectivity index (χ1) is 17.5. The number of nitrogen functional groups attached to an aromatic ring is 1. The Kier molecular flexibility index (Phi) is 7.62. The van der Waals surface area contributed by atoms with Crippen LogP contribution in [0.4, 0.5) is 10.3 Å². The van der Waals surface area contributed by atoms with Gasteiger partial charge in [0.2, 0.25) is 11.8 Å². The average Bonchev–Trinajstić information content (AvgIpc) is 3.37. The van der Waals surface area contributed by atoms with E-state index in [1.165, 1.54) is 6.92 Å². The first kappa shape index (κ1) is 26.7. The van der Waals surface area contributed by atoms with Gasteiger partial charge in [0.15, 0.2) is 23.1 Å². The topological polar surface area (TPSA) is 184 Å². The van der Waals surface area contributed by atoms with E-state index in [2.05, 4.69) is 15.0 Å². The van der Waals surface area contributed by atoms with Gasteiger partial charge in [0.1, 0.15) is 24.0 Å². The molecule has 4 N–H and O–H groups in total. The summed E-state index contributed by atoms with van der Waals surface area (Å²) in [6.45, 7) is 1.97. The van der Waals surface area contributed by atoms with E-state index in [-0.39, 0.29) is 22.9 Å². The van der Waals surface area contributed by atoms with E-state index < -0.39 is 56.8 Å². The van der Waals surface area contributed by atoms with Crippen molar-refractivity contribution in [2.75, 3.05) is 19.5 Å². The lowest BCUT2D eigenvalue weighted by Gasteiger charge is -2.27. The number of halogens is 1. The number of para-hydroxylation sites is 1. The number of aliphatic hydroxyl groups excluding tert-OH is 1. The summed E-state index contributed by atoms with van der Waals surface area (Å²) in [6, 6.07) is 7.03. The van der Waals surface area contributed by atoms with E-state index in [9.17, 15) is 19.6 Å². The van der Waals surface area contributed by atoms with Gasteiger partial charge in [-0.05, 0) is 26.0 Å². The van der Waals surface area contributed by atoms with E-state index >= 15 is 4.39 Å². The molecule has 1 fully saturated rings. The van der Waals surface area contributed by atoms with Crippen molar-refractivity contribution in [2.45, 2.75) is 44.0 Å². The quantitative estimate of drug-likeness (QED) is 0.201. The molecule has 16 heteroatoms. The molecule has 1 aromatic carbocycles. The van der Waals surface area contributed by atoms with Gasteiger partial charge in [0, 0.05) is 0 Å². The maximum atomic E-state index is 15.7. The highest BCUT2D eigenvalue weighted by atomic mass is 31.1. The molecule has 0 amide bonds. The smallest absolute Gasteiger partial charge is 0.331 e. The summed E-state index contributed by atoms with van der Waals surface area (Å²) in [6.07, 6.45) is -3.31. The van der Waals surface area contributed by atoms with Crippen LogP contribution in [0, 0.1) is 0 Å². The second kappa shape index (κ2) is 10.6. The number of benzene rings is 1. The summed E-state index contributed by atoms with van der Waals surface area (Å²) in [7, 11) is -2.06. The van der Waals surface area contributed by atoms with Gasteiger partial charge in [0.05, 0.1) is 20.0 Å². The number of rotatable bonds is 9. The van der Waals surface area contributed by atoms with Crippen LogP contribution in [-0.4, -0.2) is 78.2 Å². The summed E-state index contributed by atoms with van der Waals surface area (Å²) in [5.41, 5.74) is 3.14. The van der Waals surface area contributed by atoms with Gasteiger partial charge in [0.25, 0.3) is 0 Å². The summed E-state index contributed by atoms with van der Waals surface area (Å²) < 4.78 is 45.8. The molecule has 14 nitrogen and oxygen atoms in total. The molecule has 2 aromatic heterocycles. The van der Waals surface area contributed by atoms with Crippen molar-refractivity contribution in [1.29, 1.82) is 0 Å². The minimum Gasteiger partial charge on any atom is -0.492 e. The Labute approximate surface area is 210 Å². The molecule has 1 saturated heterocycles. The molecule has 200 valence electrons. The van der Waals surface area contributed by atoms with Crippen LogP contribution in [0.5, 0.6) is 11.6 Å². The van der Waals surface area contributed by atoms with Crippen LogP contribution < -0.4 is 10.3 Å². The van der Waals surface area contributed by atoms with Crippen molar-refractivity contribution in [1.82, 2.24) is 24.4 Å². The van der Waals surface area contributed by atoms with Crippen LogP contribution in [-0.2, 0) is 23.7 Å². The molecule has 1 aliphatic rings. The Morgan fingerprint density at radius 2 is 2.08 bits per heavy atom. The minimum atomic E-state index is -3.21. The molecule has 0 spiro atoms. The fourth-order valence-corrected chi connectivity index (χ4v) is 4.85. The first-order valence-electron chi connectivity index (χ1n) is 11.0. The molecule has 2 unspecified atom stereocenters. The molecule has 3 heterocycles. The average molecular weight is 540 g/mol. The highest BCUT2D eigenvalue weighted by Gasteiger charge is 2.55. The highest BCUT2D eigenvalue weighted by molar-refractivity contribution is 7.36. The van der Waals surface area contributed by atoms with Crippen LogP contribution in [0.25, 0.3) is 11.2 Å². The number of aliphatic hydroxyl groups is 1. The van der Waals surface area contributed by atoms with E-state index in [1.54, 1.807) is 30.3 Å². The lowest BCUT2D eigenvalue weighted by atomic mass is 9.98. The first-order valence-corrected chi connectivity index (χ1v) is 12.3. The van der Waals surface area contributed by atoms with Crippen LogP contribution in [0.1, 0.15) is 20.1 Å². The van der Waals surface area contributed by atoms with E-state index in [0.717, 1.165) is 29.8 Å². The largest absolute Gasteiger partial charge is 0.492 e. The molecule has 0 radical (unpaired) electrons. The second-order valence-corrected chi connectivity index (χ2v) is 9.53. The van der Waals surface area contributed by atoms with Crippen LogP contribution in [0.3, 0.4) is 0 Å². The number of aromatic hydroxyl groups is 1. The minimum absolute atomic E-state index is 0.0186. The van der Waals surface area contributed by atoms with E-state index in [4.69, 9.17) is 24.6 Å². The monoisotopic (exact) mass is 540 g/mol. The number of aromatic nitrogens is 4. The Morgan fingerprint density at radius 3 is 2.76 bits per heavy atom. The highest BCUT2D eigenvalue weighted by Crippen LogP contribution is 2.43. The summed E-state index contributed by atoms with van der Waals surface area (Å²) in [4.78, 5) is 30.1. The number of carbonyl (C=O) groups is 1. The number of alkyl halides is 1. The van der Waals surface area contributed by atoms with Crippen molar-refractivity contribution in [3.8, 4) is 11.6 Å². The normalized spacial score (nSPS) is 25.3. The Bertz CT molecular complexity index is 1290. The molecule has 0 saturated carbocycles. The number of nitrogens with zero attached hydrogens (tertiary/aromatic N) is 5. The molecule has 4 rings (SSSR count). The number of carbonyl (C=O) groups excluding carboxylic acids is 1. The van der Waals surface area contributed by atoms with Crippen LogP contribution in [0.15, 0.2) is 36.7 Å². The number of esters is 1. The molecule has 0 bridgehead atoms. The van der Waals surface area contributed by atoms with Gasteiger partial charge >= 0.3 is 14.1 Å². The van der Waals surface area contributed by atoms with E-state index in [0.29, 0.717) is 0 Å². The fourth-order valence-electron chi connectivity index (χ4n) is 3.82. The van der Waals surface area contributed by atoms with Crippen LogP contribution in [0.2, 0.25) is 0 Å². The third-order valence-corrected chi connectivity index (χ3v) is 7.08. The van der Waals surface area contributed by atoms with Gasteiger partial charge < -0.3 is 29.9 Å². The van der Waals surface area contributed by atoms with Crippen molar-refractivity contribution >= 4 is 31.3 Å². The third-order valence-electron chi connectivity index (χ3n) is 5.79. The molecule has 1 aliphatic heterocycles. The predicted octanol–water partition coefficient (Wildman–Crippen LogP) is 1.36. The summed E-state index contributed by atoms with van der Waals surface area (Å²) >= 11 is 0. The van der Waals surface area contributed by atoms with Crippen molar-refractivity contribution in [3.05, 3.63) is 36.7 Å². The molecule has 37 heavy (non-hydrogen) atoms. The van der Waals surface area contributed by atoms with E-state index in [1.807, 2.05) is 0 Å². The van der Waals surface area contributed by atoms with Crippen molar-refractivity contribution in [3.63, 3.8) is 0 Å². The molecule has 6 atom stereocenters. The molecule has 3 aromatic rings. The number of hydrogen-bond acceptors (Lipinski definition) is 12. The van der Waals surface area contributed by atoms with Gasteiger partial charge in [-0.2, -0.15) is 9.97 Å². The van der Waals surface area contributed by atoms with Crippen LogP contribution >= 0.6 is 8.18 Å². The Morgan fingerprint density at radius 1 is 1.38 bits per heavy atom. The lowest BCUT2D eigenvalue weighted by molar-refractivity contribution is -0.179. The van der Waals surface area contributed by atoms with Crippen molar-refractivity contribution < 1.29 is 42.8 Å². The number of methoxy groups -OCH3 is 1. The number of anilines is 1. The Balaban J connectivity index is 1.54. The number of ether oxygens (including phenoxy) is 2. The predicted molar refractivity (Wildman–Crippen MR) is 126 cm³/mol. The maximum absolute atomic E-state index is 15.7. The number of nitrogens with two attached hydrogens (primary N) is 1. The van der Waals surface area contributed by atoms with Gasteiger partial charge in [-0.3, -0.25) is 18.8 Å². The third kappa shape index (κ3) is 5.22. The Hall–Kier alpha value is -3.36. The standard InChI is InChI=1S/C21H26FN6O8P/c1-11(18(31)33-3)28(37(32)36-12-7-5-4-6-8-12)34-9-13-15(29)21(2,22)19(35-13)27-10-24-14-16(27)25-20(23)26-17(14)30/h4-8,10-11,13,15,19,29,37H,9H2,1-3H3,(H3,23,25,26,30)/t11?,13-,15-,19-,21-/m1/s1. The number of imidazole rings is 1. The van der Waals surface area contributed by atoms with Gasteiger partial charge in [-0.15, -0.1) is 0 Å². The molecule has 0 aliphatic carbocycles. The number of hydrogen-bond donors (Lipinski definition) is 3. The van der Waals surface area contributed by atoms with Crippen molar-refractivity contribution in [2.24, 2.45) is 0 Å². The van der Waals surface area contributed by atoms with Gasteiger partial charge in [-0.25, -0.2) is 9.37 Å². The molecular weight excluding hydrogens is 514 g/mol. The second-order valence-electron chi connectivity index (χ2n) is 8.35. The fraction of sp³-hybridized carbons (Fsp3) is 0.429. The molecular formula is C21H26FN6O8P. The zero-order valence-corrected chi connectivity index (χ0v) is 21.0. The zero-order chi connectivity index (χ0) is 26.9. The lowest BCUT2D eigenvalue weighted by Crippen LogP contribution is -2.42. The number of fused-ring (bicyclic) bond motifs is 1. The number of hydroxylamine groups is 1. The summed E-state index contributed by atoms with van der Waals surface area (Å²) in [5.74, 6) is -1.28. The summed E-state index contributed by atoms with van der Waals surface area (Å²) in [5, 5.41) is 20.7.